The van der Waals surface area contributed by atoms with Crippen molar-refractivity contribution in [3.8, 4) is 0 Å². The second kappa shape index (κ2) is 7.04. The molecule has 1 aromatic rings. The quantitative estimate of drug-likeness (QED) is 0.892. The highest BCUT2D eigenvalue weighted by Gasteiger charge is 2.22. The van der Waals surface area contributed by atoms with Gasteiger partial charge in [0.05, 0.1) is 0 Å². The highest BCUT2D eigenvalue weighted by Crippen LogP contribution is 2.24. The first-order valence-corrected chi connectivity index (χ1v) is 7.65. The summed E-state index contributed by atoms with van der Waals surface area (Å²) in [6.07, 6.45) is 6.48. The zero-order valence-corrected chi connectivity index (χ0v) is 13.3. The van der Waals surface area contributed by atoms with Gasteiger partial charge >= 0.3 is 0 Å². The lowest BCUT2D eigenvalue weighted by Gasteiger charge is -2.38. The average Bonchev–Trinajstić information content (AvgIpc) is 2.45. The molecule has 1 N–H and O–H groups in total. The zero-order chi connectivity index (χ0) is 14.5. The SMILES string of the molecule is CC(C)NCc1cnccc1N1CCCC(N(C)C)C1. The van der Waals surface area contributed by atoms with Gasteiger partial charge in [-0.3, -0.25) is 4.98 Å². The normalized spacial score (nSPS) is 19.9. The largest absolute Gasteiger partial charge is 0.370 e. The Hall–Kier alpha value is -1.13. The molecule has 1 aliphatic rings. The van der Waals surface area contributed by atoms with Gasteiger partial charge in [0.2, 0.25) is 0 Å². The maximum atomic E-state index is 4.30. The summed E-state index contributed by atoms with van der Waals surface area (Å²) in [5.74, 6) is 0. The minimum absolute atomic E-state index is 0.499. The molecule has 0 spiro atoms. The molecule has 2 heterocycles. The van der Waals surface area contributed by atoms with Crippen molar-refractivity contribution in [1.29, 1.82) is 0 Å². The first-order chi connectivity index (χ1) is 9.58. The standard InChI is InChI=1S/C16H28N4/c1-13(2)18-11-14-10-17-8-7-16(14)20-9-5-6-15(12-20)19(3)4/h7-8,10,13,15,18H,5-6,9,11-12H2,1-4H3. The van der Waals surface area contributed by atoms with Crippen molar-refractivity contribution in [3.63, 3.8) is 0 Å². The summed E-state index contributed by atoms with van der Waals surface area (Å²) < 4.78 is 0. The predicted octanol–water partition coefficient (Wildman–Crippen LogP) is 2.11. The number of aromatic nitrogens is 1. The molecule has 0 aromatic carbocycles. The molecule has 1 saturated heterocycles. The molecule has 112 valence electrons. The Kier molecular flexibility index (Phi) is 5.38. The number of rotatable bonds is 5. The van der Waals surface area contributed by atoms with Crippen LogP contribution in [0, 0.1) is 0 Å². The number of likely N-dealkylation sites (N-methyl/N-ethyl adjacent to an activating group) is 1. The van der Waals surface area contributed by atoms with E-state index in [1.54, 1.807) is 0 Å². The van der Waals surface area contributed by atoms with E-state index in [1.165, 1.54) is 24.1 Å². The van der Waals surface area contributed by atoms with Gasteiger partial charge in [-0.05, 0) is 33.0 Å². The van der Waals surface area contributed by atoms with Crippen LogP contribution in [0.15, 0.2) is 18.5 Å². The van der Waals surface area contributed by atoms with Crippen LogP contribution in [0.5, 0.6) is 0 Å². The number of pyridine rings is 1. The summed E-state index contributed by atoms with van der Waals surface area (Å²) in [4.78, 5) is 9.16. The second-order valence-electron chi connectivity index (χ2n) is 6.25. The lowest BCUT2D eigenvalue weighted by molar-refractivity contribution is 0.258. The molecule has 0 bridgehead atoms. The Balaban J connectivity index is 2.10. The average molecular weight is 276 g/mol. The molecule has 1 fully saturated rings. The van der Waals surface area contributed by atoms with Crippen LogP contribution in [0.4, 0.5) is 5.69 Å². The van der Waals surface area contributed by atoms with E-state index >= 15 is 0 Å². The summed E-state index contributed by atoms with van der Waals surface area (Å²) in [5.41, 5.74) is 2.65. The number of piperidine rings is 1. The van der Waals surface area contributed by atoms with E-state index in [1.807, 2.05) is 12.4 Å². The van der Waals surface area contributed by atoms with Crippen LogP contribution < -0.4 is 10.2 Å². The summed E-state index contributed by atoms with van der Waals surface area (Å²) >= 11 is 0. The summed E-state index contributed by atoms with van der Waals surface area (Å²) in [7, 11) is 4.36. The number of hydrogen-bond acceptors (Lipinski definition) is 4. The predicted molar refractivity (Wildman–Crippen MR) is 85.1 cm³/mol. The van der Waals surface area contributed by atoms with Crippen molar-refractivity contribution < 1.29 is 0 Å². The number of hydrogen-bond donors (Lipinski definition) is 1. The van der Waals surface area contributed by atoms with Crippen molar-refractivity contribution in [2.45, 2.75) is 45.3 Å². The third-order valence-electron chi connectivity index (χ3n) is 4.05. The first-order valence-electron chi connectivity index (χ1n) is 7.65. The Bertz CT molecular complexity index is 417. The minimum Gasteiger partial charge on any atom is -0.370 e. The van der Waals surface area contributed by atoms with Crippen molar-refractivity contribution >= 4 is 5.69 Å². The smallest absolute Gasteiger partial charge is 0.0443 e. The molecular weight excluding hydrogens is 248 g/mol. The molecule has 4 nitrogen and oxygen atoms in total. The lowest BCUT2D eigenvalue weighted by atomic mass is 10.0. The van der Waals surface area contributed by atoms with Gasteiger partial charge in [0, 0.05) is 55.4 Å². The molecule has 0 aliphatic carbocycles. The fraction of sp³-hybridized carbons (Fsp3) is 0.688. The fourth-order valence-corrected chi connectivity index (χ4v) is 2.77. The van der Waals surface area contributed by atoms with Crippen LogP contribution in [0.1, 0.15) is 32.3 Å². The molecule has 1 unspecified atom stereocenters. The van der Waals surface area contributed by atoms with E-state index in [2.05, 4.69) is 54.1 Å². The molecule has 0 radical (unpaired) electrons. The van der Waals surface area contributed by atoms with Gasteiger partial charge < -0.3 is 15.1 Å². The van der Waals surface area contributed by atoms with Gasteiger partial charge in [0.1, 0.15) is 0 Å². The van der Waals surface area contributed by atoms with Gasteiger partial charge in [-0.1, -0.05) is 13.8 Å². The van der Waals surface area contributed by atoms with Gasteiger partial charge in [-0.25, -0.2) is 0 Å². The number of nitrogens with zero attached hydrogens (tertiary/aromatic N) is 3. The molecule has 1 atom stereocenters. The fourth-order valence-electron chi connectivity index (χ4n) is 2.77. The van der Waals surface area contributed by atoms with Gasteiger partial charge in [-0.2, -0.15) is 0 Å². The maximum absolute atomic E-state index is 4.30. The Morgan fingerprint density at radius 1 is 1.45 bits per heavy atom. The van der Waals surface area contributed by atoms with Crippen LogP contribution in [0.25, 0.3) is 0 Å². The van der Waals surface area contributed by atoms with E-state index in [0.29, 0.717) is 12.1 Å². The van der Waals surface area contributed by atoms with Crippen LogP contribution in [-0.2, 0) is 6.54 Å². The lowest BCUT2D eigenvalue weighted by Crippen LogP contribution is -2.45. The molecule has 4 heteroatoms. The molecule has 2 rings (SSSR count). The van der Waals surface area contributed by atoms with E-state index in [9.17, 15) is 0 Å². The highest BCUT2D eigenvalue weighted by molar-refractivity contribution is 5.52. The topological polar surface area (TPSA) is 31.4 Å². The molecule has 1 aromatic heterocycles. The van der Waals surface area contributed by atoms with Crippen LogP contribution in [-0.4, -0.2) is 49.2 Å². The molecule has 0 amide bonds. The maximum Gasteiger partial charge on any atom is 0.0443 e. The van der Waals surface area contributed by atoms with Crippen LogP contribution >= 0.6 is 0 Å². The highest BCUT2D eigenvalue weighted by atomic mass is 15.2. The minimum atomic E-state index is 0.499. The van der Waals surface area contributed by atoms with Crippen LogP contribution in [0.3, 0.4) is 0 Å². The van der Waals surface area contributed by atoms with Crippen molar-refractivity contribution in [1.82, 2.24) is 15.2 Å². The summed E-state index contributed by atoms with van der Waals surface area (Å²) in [5, 5.41) is 3.50. The summed E-state index contributed by atoms with van der Waals surface area (Å²) in [6.45, 7) is 7.52. The van der Waals surface area contributed by atoms with Crippen molar-refractivity contribution in [3.05, 3.63) is 24.0 Å². The zero-order valence-electron chi connectivity index (χ0n) is 13.3. The monoisotopic (exact) mass is 276 g/mol. The third-order valence-corrected chi connectivity index (χ3v) is 4.05. The first kappa shape index (κ1) is 15.3. The van der Waals surface area contributed by atoms with Gasteiger partial charge in [0.15, 0.2) is 0 Å². The Morgan fingerprint density at radius 2 is 2.25 bits per heavy atom. The van der Waals surface area contributed by atoms with E-state index in [-0.39, 0.29) is 0 Å². The summed E-state index contributed by atoms with van der Waals surface area (Å²) in [6, 6.07) is 3.32. The molecular formula is C16H28N4. The number of nitrogens with one attached hydrogen (secondary N) is 1. The number of anilines is 1. The van der Waals surface area contributed by atoms with Gasteiger partial charge in [0.25, 0.3) is 0 Å². The van der Waals surface area contributed by atoms with Crippen molar-refractivity contribution in [2.24, 2.45) is 0 Å². The Morgan fingerprint density at radius 3 is 2.95 bits per heavy atom. The van der Waals surface area contributed by atoms with Crippen LogP contribution in [0.2, 0.25) is 0 Å². The van der Waals surface area contributed by atoms with Gasteiger partial charge in [-0.15, -0.1) is 0 Å². The molecule has 0 saturated carbocycles. The third kappa shape index (κ3) is 3.93. The van der Waals surface area contributed by atoms with Crippen molar-refractivity contribution in [2.75, 3.05) is 32.1 Å². The molecule has 1 aliphatic heterocycles. The second-order valence-corrected chi connectivity index (χ2v) is 6.25. The van der Waals surface area contributed by atoms with E-state index in [0.717, 1.165) is 19.6 Å². The molecule has 20 heavy (non-hydrogen) atoms. The van der Waals surface area contributed by atoms with E-state index < -0.39 is 0 Å². The van der Waals surface area contributed by atoms with E-state index in [4.69, 9.17) is 0 Å². The Labute approximate surface area is 123 Å².